The number of benzene rings is 1. The molecule has 4 N–H and O–H groups in total. The Kier molecular flexibility index (Phi) is 3.04. The highest BCUT2D eigenvalue weighted by molar-refractivity contribution is 5.86. The van der Waals surface area contributed by atoms with Gasteiger partial charge in [0.15, 0.2) is 0 Å². The lowest BCUT2D eigenvalue weighted by atomic mass is 10.1. The first-order chi connectivity index (χ1) is 8.08. The Morgan fingerprint density at radius 2 is 2.29 bits per heavy atom. The number of H-pyrrole nitrogens is 1. The molecule has 1 aromatic heterocycles. The Morgan fingerprint density at radius 3 is 3.00 bits per heavy atom. The Balaban J connectivity index is 2.23. The summed E-state index contributed by atoms with van der Waals surface area (Å²) in [6.45, 7) is 6.46. The van der Waals surface area contributed by atoms with Crippen LogP contribution in [0.2, 0.25) is 0 Å². The largest absolute Gasteiger partial charge is 0.396 e. The second-order valence-corrected chi connectivity index (χ2v) is 4.19. The minimum absolute atomic E-state index is 0.172. The number of aromatic nitrogens is 1. The van der Waals surface area contributed by atoms with Crippen molar-refractivity contribution in [3.8, 4) is 0 Å². The van der Waals surface area contributed by atoms with Crippen LogP contribution in [0.15, 0.2) is 30.6 Å². The maximum Gasteiger partial charge on any atom is 0.146 e. The van der Waals surface area contributed by atoms with E-state index in [1.807, 2.05) is 13.1 Å². The first-order valence-electron chi connectivity index (χ1n) is 5.52. The fourth-order valence-corrected chi connectivity index (χ4v) is 1.84. The van der Waals surface area contributed by atoms with Gasteiger partial charge in [0, 0.05) is 29.3 Å². The molecule has 0 fully saturated rings. The van der Waals surface area contributed by atoms with Gasteiger partial charge in [-0.25, -0.2) is 4.39 Å². The molecule has 0 unspecified atom stereocenters. The highest BCUT2D eigenvalue weighted by Gasteiger charge is 2.07. The van der Waals surface area contributed by atoms with Crippen molar-refractivity contribution in [2.45, 2.75) is 13.3 Å². The SMILES string of the molecule is C=C(C)NCCc1c[nH]c2cc(N)c(F)cc12. The van der Waals surface area contributed by atoms with E-state index in [9.17, 15) is 4.39 Å². The molecule has 90 valence electrons. The lowest BCUT2D eigenvalue weighted by molar-refractivity contribution is 0.634. The number of allylic oxidation sites excluding steroid dienone is 1. The molecule has 3 nitrogen and oxygen atoms in total. The number of nitrogens with two attached hydrogens (primary N) is 1. The highest BCUT2D eigenvalue weighted by atomic mass is 19.1. The monoisotopic (exact) mass is 233 g/mol. The van der Waals surface area contributed by atoms with E-state index in [1.165, 1.54) is 6.07 Å². The van der Waals surface area contributed by atoms with Gasteiger partial charge < -0.3 is 16.0 Å². The minimum Gasteiger partial charge on any atom is -0.396 e. The number of nitrogen functional groups attached to an aromatic ring is 1. The number of hydrogen-bond acceptors (Lipinski definition) is 2. The van der Waals surface area contributed by atoms with Crippen molar-refractivity contribution < 1.29 is 4.39 Å². The summed E-state index contributed by atoms with van der Waals surface area (Å²) in [5.74, 6) is -0.369. The average molecular weight is 233 g/mol. The number of aromatic amines is 1. The molecular formula is C13H16FN3. The zero-order valence-electron chi connectivity index (χ0n) is 9.81. The van der Waals surface area contributed by atoms with Crippen LogP contribution < -0.4 is 11.1 Å². The molecule has 0 aliphatic heterocycles. The molecule has 0 amide bonds. The van der Waals surface area contributed by atoms with Crippen LogP contribution in [0, 0.1) is 5.82 Å². The van der Waals surface area contributed by atoms with Crippen LogP contribution in [0.4, 0.5) is 10.1 Å². The molecular weight excluding hydrogens is 217 g/mol. The minimum atomic E-state index is -0.369. The van der Waals surface area contributed by atoms with Crippen molar-refractivity contribution in [2.24, 2.45) is 0 Å². The van der Waals surface area contributed by atoms with E-state index in [-0.39, 0.29) is 11.5 Å². The number of fused-ring (bicyclic) bond motifs is 1. The molecule has 0 spiro atoms. The molecule has 0 saturated carbocycles. The molecule has 0 atom stereocenters. The summed E-state index contributed by atoms with van der Waals surface area (Å²) in [5.41, 5.74) is 8.57. The molecule has 0 radical (unpaired) electrons. The number of nitrogens with one attached hydrogen (secondary N) is 2. The van der Waals surface area contributed by atoms with Crippen LogP contribution >= 0.6 is 0 Å². The molecule has 0 bridgehead atoms. The molecule has 1 aromatic carbocycles. The van der Waals surface area contributed by atoms with Crippen molar-refractivity contribution in [1.29, 1.82) is 0 Å². The van der Waals surface area contributed by atoms with Gasteiger partial charge in [-0.3, -0.25) is 0 Å². The van der Waals surface area contributed by atoms with Gasteiger partial charge in [-0.2, -0.15) is 0 Å². The summed E-state index contributed by atoms with van der Waals surface area (Å²) in [7, 11) is 0. The third-order valence-corrected chi connectivity index (χ3v) is 2.71. The topological polar surface area (TPSA) is 53.8 Å². The number of rotatable bonds is 4. The lowest BCUT2D eigenvalue weighted by Gasteiger charge is -2.04. The Labute approximate surface area is 99.5 Å². The van der Waals surface area contributed by atoms with E-state index >= 15 is 0 Å². The van der Waals surface area contributed by atoms with Crippen LogP contribution in [0.1, 0.15) is 12.5 Å². The van der Waals surface area contributed by atoms with E-state index in [1.54, 1.807) is 6.07 Å². The first-order valence-corrected chi connectivity index (χ1v) is 5.52. The van der Waals surface area contributed by atoms with Crippen molar-refractivity contribution in [3.63, 3.8) is 0 Å². The maximum atomic E-state index is 13.4. The van der Waals surface area contributed by atoms with Crippen molar-refractivity contribution >= 4 is 16.6 Å². The van der Waals surface area contributed by atoms with Crippen LogP contribution in [-0.2, 0) is 6.42 Å². The van der Waals surface area contributed by atoms with Crippen molar-refractivity contribution in [2.75, 3.05) is 12.3 Å². The smallest absolute Gasteiger partial charge is 0.146 e. The molecule has 0 aliphatic carbocycles. The second kappa shape index (κ2) is 4.49. The molecule has 0 saturated heterocycles. The van der Waals surface area contributed by atoms with Crippen molar-refractivity contribution in [1.82, 2.24) is 10.3 Å². The zero-order valence-corrected chi connectivity index (χ0v) is 9.81. The fourth-order valence-electron chi connectivity index (χ4n) is 1.84. The van der Waals surface area contributed by atoms with Gasteiger partial charge in [0.2, 0.25) is 0 Å². The normalized spacial score (nSPS) is 10.7. The summed E-state index contributed by atoms with van der Waals surface area (Å²) in [6, 6.07) is 3.11. The summed E-state index contributed by atoms with van der Waals surface area (Å²) in [4.78, 5) is 3.10. The van der Waals surface area contributed by atoms with Crippen LogP contribution in [-0.4, -0.2) is 11.5 Å². The van der Waals surface area contributed by atoms with Gasteiger partial charge in [0.25, 0.3) is 0 Å². The van der Waals surface area contributed by atoms with Gasteiger partial charge in [0.05, 0.1) is 5.69 Å². The number of anilines is 1. The van der Waals surface area contributed by atoms with E-state index in [4.69, 9.17) is 5.73 Å². The van der Waals surface area contributed by atoms with E-state index in [2.05, 4.69) is 16.9 Å². The van der Waals surface area contributed by atoms with E-state index in [0.717, 1.165) is 35.1 Å². The first kappa shape index (κ1) is 11.5. The van der Waals surface area contributed by atoms with Crippen LogP contribution in [0.25, 0.3) is 10.9 Å². The summed E-state index contributed by atoms with van der Waals surface area (Å²) in [6.07, 6.45) is 2.71. The predicted octanol–water partition coefficient (Wildman–Crippen LogP) is 2.55. The fraction of sp³-hybridized carbons (Fsp3) is 0.231. The molecule has 17 heavy (non-hydrogen) atoms. The third-order valence-electron chi connectivity index (χ3n) is 2.71. The van der Waals surface area contributed by atoms with Gasteiger partial charge in [-0.15, -0.1) is 0 Å². The predicted molar refractivity (Wildman–Crippen MR) is 69.2 cm³/mol. The van der Waals surface area contributed by atoms with Gasteiger partial charge in [0.1, 0.15) is 5.82 Å². The Morgan fingerprint density at radius 1 is 1.53 bits per heavy atom. The quantitative estimate of drug-likeness (QED) is 0.711. The summed E-state index contributed by atoms with van der Waals surface area (Å²) >= 11 is 0. The molecule has 2 aromatic rings. The molecule has 1 heterocycles. The standard InChI is InChI=1S/C13H16FN3/c1-8(2)16-4-3-9-7-17-13-6-12(15)11(14)5-10(9)13/h5-7,16-17H,1,3-4,15H2,2H3. The van der Waals surface area contributed by atoms with Crippen LogP contribution in [0.5, 0.6) is 0 Å². The summed E-state index contributed by atoms with van der Waals surface area (Å²) < 4.78 is 13.4. The molecule has 0 aliphatic rings. The summed E-state index contributed by atoms with van der Waals surface area (Å²) in [5, 5.41) is 4.04. The zero-order chi connectivity index (χ0) is 12.4. The molecule has 2 rings (SSSR count). The Hall–Kier alpha value is -1.97. The van der Waals surface area contributed by atoms with E-state index < -0.39 is 0 Å². The number of halogens is 1. The van der Waals surface area contributed by atoms with Gasteiger partial charge in [-0.05, 0) is 31.0 Å². The highest BCUT2D eigenvalue weighted by Crippen LogP contribution is 2.23. The van der Waals surface area contributed by atoms with Crippen LogP contribution in [0.3, 0.4) is 0 Å². The van der Waals surface area contributed by atoms with Gasteiger partial charge >= 0.3 is 0 Å². The Bertz CT molecular complexity index is 557. The van der Waals surface area contributed by atoms with Crippen molar-refractivity contribution in [3.05, 3.63) is 42.0 Å². The number of hydrogen-bond donors (Lipinski definition) is 3. The maximum absolute atomic E-state index is 13.4. The van der Waals surface area contributed by atoms with Gasteiger partial charge in [-0.1, -0.05) is 6.58 Å². The third kappa shape index (κ3) is 2.41. The second-order valence-electron chi connectivity index (χ2n) is 4.19. The van der Waals surface area contributed by atoms with E-state index in [0.29, 0.717) is 0 Å². The average Bonchev–Trinajstić information content (AvgIpc) is 2.62. The lowest BCUT2D eigenvalue weighted by Crippen LogP contribution is -2.13. The molecule has 4 heteroatoms.